The lowest BCUT2D eigenvalue weighted by molar-refractivity contribution is -0.162. The first-order chi connectivity index (χ1) is 10.6. The summed E-state index contributed by atoms with van der Waals surface area (Å²) in [5.74, 6) is -0.953. The molecule has 1 aromatic carbocycles. The van der Waals surface area contributed by atoms with E-state index in [4.69, 9.17) is 4.28 Å². The Labute approximate surface area is 129 Å². The molecule has 5 nitrogen and oxygen atoms in total. The third-order valence-electron chi connectivity index (χ3n) is 4.30. The van der Waals surface area contributed by atoms with Crippen molar-refractivity contribution in [3.63, 3.8) is 0 Å². The van der Waals surface area contributed by atoms with Gasteiger partial charge in [-0.2, -0.15) is 4.28 Å². The van der Waals surface area contributed by atoms with Gasteiger partial charge in [-0.1, -0.05) is 29.8 Å². The van der Waals surface area contributed by atoms with Gasteiger partial charge in [-0.25, -0.2) is 4.21 Å². The van der Waals surface area contributed by atoms with Crippen molar-refractivity contribution < 1.29 is 18.1 Å². The number of hydroxylamine groups is 2. The molecule has 6 heteroatoms. The summed E-state index contributed by atoms with van der Waals surface area (Å²) in [7, 11) is 0. The molecule has 1 heterocycles. The van der Waals surface area contributed by atoms with E-state index in [0.717, 1.165) is 12.0 Å². The standard InChI is InChI=1S/C16H13NO4S/c1-9-2-6-12(7-3-9)22(20)21-17-15(18)13-10-4-5-11(8-10)14(13)16(17)19/h2-7,10-11H,8H2,1H3. The van der Waals surface area contributed by atoms with Gasteiger partial charge in [0.25, 0.3) is 11.8 Å². The van der Waals surface area contributed by atoms with Gasteiger partial charge in [0.1, 0.15) is 0 Å². The molecule has 3 atom stereocenters. The zero-order valence-electron chi connectivity index (χ0n) is 11.8. The SMILES string of the molecule is Cc1ccc(S(=O)ON2C(=O)C3=C(C2=O)C2C=CC3C2)cc1. The van der Waals surface area contributed by atoms with E-state index in [1.54, 1.807) is 24.3 Å². The van der Waals surface area contributed by atoms with Crippen LogP contribution in [-0.2, 0) is 25.0 Å². The summed E-state index contributed by atoms with van der Waals surface area (Å²) in [5, 5.41) is 0.660. The van der Waals surface area contributed by atoms with Gasteiger partial charge < -0.3 is 0 Å². The van der Waals surface area contributed by atoms with Crippen molar-refractivity contribution in [2.24, 2.45) is 11.8 Å². The first-order valence-electron chi connectivity index (χ1n) is 7.04. The average Bonchev–Trinajstić information content (AvgIpc) is 3.17. The summed E-state index contributed by atoms with van der Waals surface area (Å²) in [5.41, 5.74) is 2.05. The Bertz CT molecular complexity index is 744. The first kappa shape index (κ1) is 13.6. The predicted octanol–water partition coefficient (Wildman–Crippen LogP) is 1.82. The number of allylic oxidation sites excluding steroid dienone is 2. The third-order valence-corrected chi connectivity index (χ3v) is 5.24. The molecule has 0 radical (unpaired) electrons. The van der Waals surface area contributed by atoms with E-state index in [1.807, 2.05) is 19.1 Å². The molecule has 0 saturated heterocycles. The molecule has 0 N–H and O–H groups in total. The summed E-state index contributed by atoms with van der Waals surface area (Å²) >= 11 is -1.90. The number of carbonyl (C=O) groups excluding carboxylic acids is 2. The van der Waals surface area contributed by atoms with E-state index in [9.17, 15) is 13.8 Å². The van der Waals surface area contributed by atoms with E-state index in [-0.39, 0.29) is 11.8 Å². The van der Waals surface area contributed by atoms with Gasteiger partial charge in [-0.15, -0.1) is 5.06 Å². The normalized spacial score (nSPS) is 27.0. The minimum Gasteiger partial charge on any atom is -0.267 e. The number of amides is 2. The second-order valence-corrected chi connectivity index (χ2v) is 6.78. The number of nitrogens with zero attached hydrogens (tertiary/aromatic N) is 1. The monoisotopic (exact) mass is 315 g/mol. The molecule has 3 unspecified atom stereocenters. The van der Waals surface area contributed by atoms with Crippen LogP contribution in [0.25, 0.3) is 0 Å². The van der Waals surface area contributed by atoms with Crippen molar-refractivity contribution in [1.82, 2.24) is 5.06 Å². The van der Waals surface area contributed by atoms with E-state index < -0.39 is 22.9 Å². The Hall–Kier alpha value is -2.05. The molecule has 2 amide bonds. The number of hydrogen-bond donors (Lipinski definition) is 0. The molecule has 0 spiro atoms. The summed E-state index contributed by atoms with van der Waals surface area (Å²) < 4.78 is 17.4. The fraction of sp³-hybridized carbons (Fsp3) is 0.250. The van der Waals surface area contributed by atoms with Crippen molar-refractivity contribution in [3.8, 4) is 0 Å². The third kappa shape index (κ3) is 1.84. The van der Waals surface area contributed by atoms with Gasteiger partial charge in [0.15, 0.2) is 0 Å². The zero-order chi connectivity index (χ0) is 15.4. The van der Waals surface area contributed by atoms with Crippen LogP contribution in [0.15, 0.2) is 52.5 Å². The van der Waals surface area contributed by atoms with Crippen molar-refractivity contribution in [3.05, 3.63) is 53.1 Å². The lowest BCUT2D eigenvalue weighted by Crippen LogP contribution is -2.34. The first-order valence-corrected chi connectivity index (χ1v) is 8.12. The van der Waals surface area contributed by atoms with Crippen LogP contribution in [-0.4, -0.2) is 21.1 Å². The van der Waals surface area contributed by atoms with Crippen LogP contribution in [0.5, 0.6) is 0 Å². The molecule has 0 aromatic heterocycles. The maximum absolute atomic E-state index is 12.4. The summed E-state index contributed by atoms with van der Waals surface area (Å²) in [6.07, 6.45) is 4.70. The van der Waals surface area contributed by atoms with Gasteiger partial charge >= 0.3 is 0 Å². The van der Waals surface area contributed by atoms with Crippen LogP contribution in [0, 0.1) is 18.8 Å². The minimum atomic E-state index is -1.90. The van der Waals surface area contributed by atoms with E-state index in [1.165, 1.54) is 0 Å². The van der Waals surface area contributed by atoms with Crippen molar-refractivity contribution in [2.45, 2.75) is 18.2 Å². The highest BCUT2D eigenvalue weighted by Crippen LogP contribution is 2.48. The Morgan fingerprint density at radius 1 is 1.05 bits per heavy atom. The Morgan fingerprint density at radius 2 is 1.59 bits per heavy atom. The smallest absolute Gasteiger partial charge is 0.267 e. The minimum absolute atomic E-state index is 0.00198. The molecular weight excluding hydrogens is 302 g/mol. The van der Waals surface area contributed by atoms with E-state index in [2.05, 4.69) is 0 Å². The summed E-state index contributed by atoms with van der Waals surface area (Å²) in [6, 6.07) is 6.91. The lowest BCUT2D eigenvalue weighted by Gasteiger charge is -2.16. The predicted molar refractivity (Wildman–Crippen MR) is 78.3 cm³/mol. The largest absolute Gasteiger partial charge is 0.283 e. The van der Waals surface area contributed by atoms with Crippen LogP contribution >= 0.6 is 0 Å². The Kier molecular flexibility index (Phi) is 2.92. The van der Waals surface area contributed by atoms with Crippen LogP contribution in [0.1, 0.15) is 12.0 Å². The molecule has 3 aliphatic rings. The topological polar surface area (TPSA) is 63.7 Å². The molecule has 4 rings (SSSR count). The second kappa shape index (κ2) is 4.72. The highest BCUT2D eigenvalue weighted by Gasteiger charge is 2.51. The van der Waals surface area contributed by atoms with Crippen molar-refractivity contribution >= 4 is 22.9 Å². The highest BCUT2D eigenvalue weighted by atomic mass is 32.2. The average molecular weight is 315 g/mol. The van der Waals surface area contributed by atoms with Crippen molar-refractivity contribution in [2.75, 3.05) is 0 Å². The number of rotatable bonds is 3. The highest BCUT2D eigenvalue weighted by molar-refractivity contribution is 7.80. The Morgan fingerprint density at radius 3 is 2.14 bits per heavy atom. The van der Waals surface area contributed by atoms with Crippen molar-refractivity contribution in [1.29, 1.82) is 0 Å². The molecule has 22 heavy (non-hydrogen) atoms. The Balaban J connectivity index is 1.56. The summed E-state index contributed by atoms with van der Waals surface area (Å²) in [4.78, 5) is 25.1. The van der Waals surface area contributed by atoms with Gasteiger partial charge in [-0.05, 0) is 25.5 Å². The summed E-state index contributed by atoms with van der Waals surface area (Å²) in [6.45, 7) is 1.92. The van der Waals surface area contributed by atoms with Gasteiger partial charge in [0.2, 0.25) is 11.1 Å². The van der Waals surface area contributed by atoms with Crippen LogP contribution in [0.3, 0.4) is 0 Å². The maximum Gasteiger partial charge on any atom is 0.283 e. The fourth-order valence-corrected chi connectivity index (χ4v) is 3.93. The van der Waals surface area contributed by atoms with Crippen LogP contribution in [0.4, 0.5) is 0 Å². The zero-order valence-corrected chi connectivity index (χ0v) is 12.6. The quantitative estimate of drug-likeness (QED) is 0.630. The number of benzene rings is 1. The fourth-order valence-electron chi connectivity index (χ4n) is 3.21. The molecule has 2 aliphatic carbocycles. The molecule has 2 bridgehead atoms. The number of aryl methyl sites for hydroxylation is 1. The maximum atomic E-state index is 12.4. The molecular formula is C16H13NO4S. The molecule has 1 aromatic rings. The molecule has 0 saturated carbocycles. The van der Waals surface area contributed by atoms with E-state index in [0.29, 0.717) is 21.1 Å². The second-order valence-electron chi connectivity index (χ2n) is 5.69. The number of hydrogen-bond acceptors (Lipinski definition) is 4. The van der Waals surface area contributed by atoms with Gasteiger partial charge in [0, 0.05) is 23.0 Å². The molecule has 1 aliphatic heterocycles. The molecule has 112 valence electrons. The number of imide groups is 1. The molecule has 0 fully saturated rings. The van der Waals surface area contributed by atoms with Gasteiger partial charge in [-0.3, -0.25) is 9.59 Å². The number of fused-ring (bicyclic) bond motifs is 4. The van der Waals surface area contributed by atoms with Crippen LogP contribution in [0.2, 0.25) is 0 Å². The van der Waals surface area contributed by atoms with Crippen LogP contribution < -0.4 is 0 Å². The van der Waals surface area contributed by atoms with Gasteiger partial charge in [0.05, 0.1) is 4.90 Å². The lowest BCUT2D eigenvalue weighted by atomic mass is 9.99. The van der Waals surface area contributed by atoms with E-state index >= 15 is 0 Å². The number of carbonyl (C=O) groups is 2.